The van der Waals surface area contributed by atoms with E-state index in [9.17, 15) is 0 Å². The predicted octanol–water partition coefficient (Wildman–Crippen LogP) is 4.03. The topological polar surface area (TPSA) is 21.3 Å². The molecule has 1 heterocycles. The lowest BCUT2D eigenvalue weighted by atomic mass is 10.0. The fourth-order valence-electron chi connectivity index (χ4n) is 2.53. The zero-order chi connectivity index (χ0) is 14.3. The molecule has 0 bridgehead atoms. The Morgan fingerprint density at radius 1 is 0.905 bits per heavy atom. The molecule has 2 nitrogen and oxygen atoms in total. The van der Waals surface area contributed by atoms with Crippen molar-refractivity contribution in [1.29, 1.82) is 0 Å². The first-order chi connectivity index (χ1) is 10.4. The van der Waals surface area contributed by atoms with Crippen LogP contribution in [0.4, 0.5) is 0 Å². The molecule has 1 saturated heterocycles. The molecule has 1 N–H and O–H groups in total. The van der Waals surface area contributed by atoms with Crippen LogP contribution in [0.25, 0.3) is 6.08 Å². The Balaban J connectivity index is 1.59. The van der Waals surface area contributed by atoms with Crippen LogP contribution < -0.4 is 10.1 Å². The van der Waals surface area contributed by atoms with Crippen LogP contribution >= 0.6 is 0 Å². The third kappa shape index (κ3) is 4.20. The average Bonchev–Trinajstić information content (AvgIpc) is 2.56. The number of benzene rings is 2. The largest absolute Gasteiger partial charge is 0.489 e. The molecule has 0 atom stereocenters. The number of piperidine rings is 1. The van der Waals surface area contributed by atoms with Crippen LogP contribution in [0, 0.1) is 0 Å². The van der Waals surface area contributed by atoms with Gasteiger partial charge in [-0.25, -0.2) is 0 Å². The summed E-state index contributed by atoms with van der Waals surface area (Å²) in [6.07, 6.45) is 4.63. The van der Waals surface area contributed by atoms with Gasteiger partial charge in [0.15, 0.2) is 0 Å². The van der Waals surface area contributed by atoms with Gasteiger partial charge in [-0.3, -0.25) is 0 Å². The zero-order valence-corrected chi connectivity index (χ0v) is 12.2. The zero-order valence-electron chi connectivity index (χ0n) is 12.2. The minimum atomic E-state index is 0.618. The summed E-state index contributed by atoms with van der Waals surface area (Å²) >= 11 is 0. The third-order valence-corrected chi connectivity index (χ3v) is 3.74. The van der Waals surface area contributed by atoms with Crippen LogP contribution in [0.15, 0.2) is 60.2 Å². The quantitative estimate of drug-likeness (QED) is 0.912. The van der Waals surface area contributed by atoms with Crippen LogP contribution in [0.5, 0.6) is 5.75 Å². The molecule has 1 aliphatic rings. The summed E-state index contributed by atoms with van der Waals surface area (Å²) in [5.74, 6) is 0.923. The Bertz CT molecular complexity index is 579. The van der Waals surface area contributed by atoms with Crippen molar-refractivity contribution in [3.63, 3.8) is 0 Å². The Kier molecular flexibility index (Phi) is 4.70. The van der Waals surface area contributed by atoms with E-state index in [-0.39, 0.29) is 0 Å². The molecule has 2 aromatic rings. The van der Waals surface area contributed by atoms with Gasteiger partial charge in [-0.1, -0.05) is 54.1 Å². The number of rotatable bonds is 4. The molecular weight excluding hydrogens is 258 g/mol. The van der Waals surface area contributed by atoms with Gasteiger partial charge in [0.2, 0.25) is 0 Å². The SMILES string of the molecule is C(=C1CCNCC1)c1ccc(OCc2ccccc2)cc1. The summed E-state index contributed by atoms with van der Waals surface area (Å²) in [7, 11) is 0. The lowest BCUT2D eigenvalue weighted by molar-refractivity contribution is 0.306. The molecule has 0 aliphatic carbocycles. The number of nitrogens with one attached hydrogen (secondary N) is 1. The lowest BCUT2D eigenvalue weighted by Gasteiger charge is -2.15. The monoisotopic (exact) mass is 279 g/mol. The predicted molar refractivity (Wildman–Crippen MR) is 87.3 cm³/mol. The van der Waals surface area contributed by atoms with Crippen LogP contribution in [-0.4, -0.2) is 13.1 Å². The minimum Gasteiger partial charge on any atom is -0.489 e. The average molecular weight is 279 g/mol. The van der Waals surface area contributed by atoms with Crippen molar-refractivity contribution in [2.24, 2.45) is 0 Å². The van der Waals surface area contributed by atoms with Gasteiger partial charge in [0.05, 0.1) is 0 Å². The van der Waals surface area contributed by atoms with Crippen LogP contribution in [0.1, 0.15) is 24.0 Å². The Hall–Kier alpha value is -2.06. The van der Waals surface area contributed by atoms with Gasteiger partial charge >= 0.3 is 0 Å². The van der Waals surface area contributed by atoms with E-state index in [2.05, 4.69) is 47.8 Å². The van der Waals surface area contributed by atoms with Gasteiger partial charge in [0, 0.05) is 0 Å². The molecule has 0 unspecified atom stereocenters. The molecule has 0 amide bonds. The van der Waals surface area contributed by atoms with Crippen molar-refractivity contribution in [3.05, 3.63) is 71.3 Å². The van der Waals surface area contributed by atoms with Gasteiger partial charge in [-0.05, 0) is 49.2 Å². The molecule has 21 heavy (non-hydrogen) atoms. The maximum absolute atomic E-state index is 5.81. The van der Waals surface area contributed by atoms with E-state index in [1.807, 2.05) is 18.2 Å². The van der Waals surface area contributed by atoms with E-state index in [1.54, 1.807) is 0 Å². The first kappa shape index (κ1) is 13.9. The van der Waals surface area contributed by atoms with E-state index in [0.29, 0.717) is 6.61 Å². The van der Waals surface area contributed by atoms with Crippen molar-refractivity contribution in [1.82, 2.24) is 5.32 Å². The summed E-state index contributed by atoms with van der Waals surface area (Å²) in [5, 5.41) is 3.38. The molecule has 0 aromatic heterocycles. The molecule has 0 radical (unpaired) electrons. The molecule has 1 fully saturated rings. The Morgan fingerprint density at radius 3 is 2.33 bits per heavy atom. The van der Waals surface area contributed by atoms with Crippen LogP contribution in [0.3, 0.4) is 0 Å². The second-order valence-corrected chi connectivity index (χ2v) is 5.40. The molecule has 2 aromatic carbocycles. The van der Waals surface area contributed by atoms with Crippen LogP contribution in [0.2, 0.25) is 0 Å². The van der Waals surface area contributed by atoms with Gasteiger partial charge in [0.25, 0.3) is 0 Å². The summed E-state index contributed by atoms with van der Waals surface area (Å²) in [6, 6.07) is 18.6. The third-order valence-electron chi connectivity index (χ3n) is 3.74. The minimum absolute atomic E-state index is 0.618. The maximum Gasteiger partial charge on any atom is 0.119 e. The smallest absolute Gasteiger partial charge is 0.119 e. The fourth-order valence-corrected chi connectivity index (χ4v) is 2.53. The Morgan fingerprint density at radius 2 is 1.62 bits per heavy atom. The van der Waals surface area contributed by atoms with E-state index in [4.69, 9.17) is 4.74 Å². The van der Waals surface area contributed by atoms with Crippen molar-refractivity contribution in [3.8, 4) is 5.75 Å². The molecular formula is C19H21NO. The van der Waals surface area contributed by atoms with E-state index >= 15 is 0 Å². The Labute approximate surface area is 126 Å². The van der Waals surface area contributed by atoms with Gasteiger partial charge in [-0.2, -0.15) is 0 Å². The molecule has 0 spiro atoms. The summed E-state index contributed by atoms with van der Waals surface area (Å²) < 4.78 is 5.81. The van der Waals surface area contributed by atoms with Gasteiger partial charge < -0.3 is 10.1 Å². The van der Waals surface area contributed by atoms with Crippen molar-refractivity contribution in [2.45, 2.75) is 19.4 Å². The fraction of sp³-hybridized carbons (Fsp3) is 0.263. The highest BCUT2D eigenvalue weighted by atomic mass is 16.5. The van der Waals surface area contributed by atoms with Gasteiger partial charge in [0.1, 0.15) is 12.4 Å². The van der Waals surface area contributed by atoms with Crippen molar-refractivity contribution >= 4 is 6.08 Å². The molecule has 3 rings (SSSR count). The second kappa shape index (κ2) is 7.09. The molecule has 108 valence electrons. The highest BCUT2D eigenvalue weighted by Gasteiger charge is 2.04. The standard InChI is InChI=1S/C19H21NO/c1-2-4-18(5-3-1)15-21-19-8-6-16(7-9-19)14-17-10-12-20-13-11-17/h1-9,14,20H,10-13,15H2. The second-order valence-electron chi connectivity index (χ2n) is 5.40. The highest BCUT2D eigenvalue weighted by molar-refractivity contribution is 5.54. The summed E-state index contributed by atoms with van der Waals surface area (Å²) in [4.78, 5) is 0. The first-order valence-corrected chi connectivity index (χ1v) is 7.57. The normalized spacial score (nSPS) is 14.8. The maximum atomic E-state index is 5.81. The highest BCUT2D eigenvalue weighted by Crippen LogP contribution is 2.19. The number of ether oxygens (including phenoxy) is 1. The van der Waals surface area contributed by atoms with Crippen molar-refractivity contribution in [2.75, 3.05) is 13.1 Å². The summed E-state index contributed by atoms with van der Waals surface area (Å²) in [6.45, 7) is 2.82. The summed E-state index contributed by atoms with van der Waals surface area (Å²) in [5.41, 5.74) is 3.99. The van der Waals surface area contributed by atoms with Gasteiger partial charge in [-0.15, -0.1) is 0 Å². The molecule has 1 aliphatic heterocycles. The van der Waals surface area contributed by atoms with E-state index in [0.717, 1.165) is 31.7 Å². The van der Waals surface area contributed by atoms with Crippen molar-refractivity contribution < 1.29 is 4.74 Å². The molecule has 0 saturated carbocycles. The molecule has 2 heteroatoms. The van der Waals surface area contributed by atoms with E-state index in [1.165, 1.54) is 16.7 Å². The number of hydrogen-bond acceptors (Lipinski definition) is 2. The number of hydrogen-bond donors (Lipinski definition) is 1. The first-order valence-electron chi connectivity index (χ1n) is 7.57. The lowest BCUT2D eigenvalue weighted by Crippen LogP contribution is -2.22. The van der Waals surface area contributed by atoms with Crippen LogP contribution in [-0.2, 0) is 6.61 Å². The van der Waals surface area contributed by atoms with E-state index < -0.39 is 0 Å².